The Kier molecular flexibility index (Phi) is 6.25. The zero-order valence-corrected chi connectivity index (χ0v) is 18.1. The number of amides is 1. The molecule has 1 aliphatic rings. The molecule has 0 atom stereocenters. The van der Waals surface area contributed by atoms with E-state index < -0.39 is 0 Å². The maximum Gasteiger partial charge on any atom is 0.262 e. The molecule has 154 valence electrons. The number of carbonyl (C=O) groups is 1. The maximum atomic E-state index is 12.9. The van der Waals surface area contributed by atoms with Crippen molar-refractivity contribution in [3.63, 3.8) is 0 Å². The van der Waals surface area contributed by atoms with Crippen LogP contribution in [0.2, 0.25) is 5.02 Å². The van der Waals surface area contributed by atoms with Crippen LogP contribution in [-0.4, -0.2) is 33.4 Å². The summed E-state index contributed by atoms with van der Waals surface area (Å²) in [5, 5.41) is 1.70. The van der Waals surface area contributed by atoms with Crippen molar-refractivity contribution in [2.75, 3.05) is 13.1 Å². The number of hydrogen-bond acceptors (Lipinski definition) is 4. The third-order valence-electron chi connectivity index (χ3n) is 5.16. The van der Waals surface area contributed by atoms with E-state index in [1.165, 1.54) is 11.8 Å². The summed E-state index contributed by atoms with van der Waals surface area (Å²) in [5.74, 6) is 0.730. The van der Waals surface area contributed by atoms with Gasteiger partial charge in [-0.25, -0.2) is 4.98 Å². The van der Waals surface area contributed by atoms with Crippen molar-refractivity contribution in [2.45, 2.75) is 30.3 Å². The maximum absolute atomic E-state index is 12.9. The summed E-state index contributed by atoms with van der Waals surface area (Å²) in [6.07, 6.45) is 3.85. The summed E-state index contributed by atoms with van der Waals surface area (Å²) in [7, 11) is 0. The molecule has 2 heterocycles. The Hall–Kier alpha value is -2.57. The van der Waals surface area contributed by atoms with Crippen LogP contribution >= 0.6 is 23.4 Å². The second-order valence-corrected chi connectivity index (χ2v) is 8.62. The van der Waals surface area contributed by atoms with E-state index >= 15 is 0 Å². The summed E-state index contributed by atoms with van der Waals surface area (Å²) >= 11 is 7.56. The Labute approximate surface area is 184 Å². The summed E-state index contributed by atoms with van der Waals surface area (Å²) in [6.45, 7) is 5.82. The van der Waals surface area contributed by atoms with Crippen LogP contribution in [-0.2, 0) is 12.3 Å². The lowest BCUT2D eigenvalue weighted by Gasteiger charge is -2.15. The van der Waals surface area contributed by atoms with E-state index in [9.17, 15) is 9.59 Å². The molecule has 1 fully saturated rings. The molecule has 0 unspecified atom stereocenters. The van der Waals surface area contributed by atoms with Gasteiger partial charge in [0.15, 0.2) is 5.16 Å². The van der Waals surface area contributed by atoms with Gasteiger partial charge in [0.25, 0.3) is 11.5 Å². The second-order valence-electron chi connectivity index (χ2n) is 7.25. The van der Waals surface area contributed by atoms with Crippen molar-refractivity contribution in [3.05, 3.63) is 81.6 Å². The first-order valence-corrected chi connectivity index (χ1v) is 11.2. The highest BCUT2D eigenvalue weighted by Gasteiger charge is 2.19. The minimum Gasteiger partial charge on any atom is -0.339 e. The smallest absolute Gasteiger partial charge is 0.262 e. The van der Waals surface area contributed by atoms with Crippen molar-refractivity contribution in [2.24, 2.45) is 0 Å². The van der Waals surface area contributed by atoms with Gasteiger partial charge in [-0.15, -0.1) is 6.58 Å². The topological polar surface area (TPSA) is 55.2 Å². The highest BCUT2D eigenvalue weighted by atomic mass is 35.5. The number of halogens is 1. The normalized spacial score (nSPS) is 13.7. The molecule has 30 heavy (non-hydrogen) atoms. The Bertz CT molecular complexity index is 1150. The van der Waals surface area contributed by atoms with Crippen LogP contribution in [0.5, 0.6) is 0 Å². The largest absolute Gasteiger partial charge is 0.339 e. The average molecular weight is 440 g/mol. The summed E-state index contributed by atoms with van der Waals surface area (Å²) in [6, 6.07) is 12.8. The summed E-state index contributed by atoms with van der Waals surface area (Å²) < 4.78 is 1.62. The van der Waals surface area contributed by atoms with Gasteiger partial charge < -0.3 is 4.90 Å². The molecule has 7 heteroatoms. The number of aromatic nitrogens is 2. The zero-order chi connectivity index (χ0) is 21.1. The van der Waals surface area contributed by atoms with Crippen LogP contribution < -0.4 is 5.56 Å². The van der Waals surface area contributed by atoms with E-state index in [0.717, 1.165) is 31.5 Å². The highest BCUT2D eigenvalue weighted by Crippen LogP contribution is 2.24. The second kappa shape index (κ2) is 9.06. The number of fused-ring (bicyclic) bond motifs is 1. The number of hydrogen-bond donors (Lipinski definition) is 0. The van der Waals surface area contributed by atoms with Crippen LogP contribution in [0.3, 0.4) is 0 Å². The van der Waals surface area contributed by atoms with Crippen molar-refractivity contribution in [1.82, 2.24) is 14.5 Å². The minimum absolute atomic E-state index is 0.0969. The average Bonchev–Trinajstić information content (AvgIpc) is 3.29. The lowest BCUT2D eigenvalue weighted by atomic mass is 10.1. The fourth-order valence-corrected chi connectivity index (χ4v) is 4.70. The van der Waals surface area contributed by atoms with E-state index in [-0.39, 0.29) is 11.5 Å². The predicted octanol–water partition coefficient (Wildman–Crippen LogP) is 4.76. The molecule has 1 saturated heterocycles. The molecular formula is C23H22ClN3O2S. The zero-order valence-electron chi connectivity index (χ0n) is 16.5. The molecule has 4 rings (SSSR count). The summed E-state index contributed by atoms with van der Waals surface area (Å²) in [5.41, 5.74) is 2.25. The molecular weight excluding hydrogens is 418 g/mol. The molecule has 0 radical (unpaired) electrons. The Morgan fingerprint density at radius 1 is 1.17 bits per heavy atom. The Morgan fingerprint density at radius 2 is 1.90 bits per heavy atom. The Balaban J connectivity index is 1.55. The first-order chi connectivity index (χ1) is 14.6. The van der Waals surface area contributed by atoms with Gasteiger partial charge in [-0.3, -0.25) is 14.2 Å². The van der Waals surface area contributed by atoms with E-state index in [2.05, 4.69) is 11.6 Å². The van der Waals surface area contributed by atoms with E-state index in [1.54, 1.807) is 28.8 Å². The molecule has 0 bridgehead atoms. The molecule has 5 nitrogen and oxygen atoms in total. The summed E-state index contributed by atoms with van der Waals surface area (Å²) in [4.78, 5) is 31.9. The van der Waals surface area contributed by atoms with Gasteiger partial charge in [-0.2, -0.15) is 0 Å². The quantitative estimate of drug-likeness (QED) is 0.315. The lowest BCUT2D eigenvalue weighted by Crippen LogP contribution is -2.27. The third kappa shape index (κ3) is 4.30. The first kappa shape index (κ1) is 20.7. The van der Waals surface area contributed by atoms with Crippen molar-refractivity contribution in [3.8, 4) is 0 Å². The van der Waals surface area contributed by atoms with Gasteiger partial charge in [0.1, 0.15) is 0 Å². The standard InChI is InChI=1S/C23H22ClN3O2S/c1-2-11-27-22(29)19-10-9-18(24)14-20(19)25-23(27)30-15-16-5-7-17(8-6-16)21(28)26-12-3-4-13-26/h2,5-10,14H,1,3-4,11-13,15H2. The molecule has 1 amide bonds. The van der Waals surface area contributed by atoms with Crippen molar-refractivity contribution >= 4 is 40.2 Å². The number of nitrogens with zero attached hydrogens (tertiary/aromatic N) is 3. The number of rotatable bonds is 6. The van der Waals surface area contributed by atoms with Crippen LogP contribution in [0, 0.1) is 0 Å². The predicted molar refractivity (Wildman–Crippen MR) is 122 cm³/mol. The number of allylic oxidation sites excluding steroid dienone is 1. The van der Waals surface area contributed by atoms with E-state index in [0.29, 0.717) is 38.9 Å². The monoisotopic (exact) mass is 439 g/mol. The van der Waals surface area contributed by atoms with Crippen LogP contribution in [0.1, 0.15) is 28.8 Å². The van der Waals surface area contributed by atoms with Gasteiger partial charge in [0.05, 0.1) is 10.9 Å². The lowest BCUT2D eigenvalue weighted by molar-refractivity contribution is 0.0793. The van der Waals surface area contributed by atoms with Crippen molar-refractivity contribution < 1.29 is 4.79 Å². The molecule has 0 saturated carbocycles. The van der Waals surface area contributed by atoms with E-state index in [4.69, 9.17) is 11.6 Å². The molecule has 0 aliphatic carbocycles. The van der Waals surface area contributed by atoms with Gasteiger partial charge in [-0.1, -0.05) is 41.6 Å². The van der Waals surface area contributed by atoms with Crippen LogP contribution in [0.4, 0.5) is 0 Å². The number of carbonyl (C=O) groups excluding carboxylic acids is 1. The molecule has 1 aromatic heterocycles. The molecule has 1 aliphatic heterocycles. The van der Waals surface area contributed by atoms with Gasteiger partial charge in [0, 0.05) is 36.0 Å². The number of benzene rings is 2. The SMILES string of the molecule is C=CCn1c(SCc2ccc(C(=O)N3CCCC3)cc2)nc2cc(Cl)ccc2c1=O. The fourth-order valence-electron chi connectivity index (χ4n) is 3.57. The van der Waals surface area contributed by atoms with Gasteiger partial charge >= 0.3 is 0 Å². The van der Waals surface area contributed by atoms with Gasteiger partial charge in [0.2, 0.25) is 0 Å². The Morgan fingerprint density at radius 3 is 2.60 bits per heavy atom. The highest BCUT2D eigenvalue weighted by molar-refractivity contribution is 7.98. The van der Waals surface area contributed by atoms with Crippen LogP contribution in [0.25, 0.3) is 10.9 Å². The third-order valence-corrected chi connectivity index (χ3v) is 6.44. The number of thioether (sulfide) groups is 1. The number of likely N-dealkylation sites (tertiary alicyclic amines) is 1. The minimum atomic E-state index is -0.106. The molecule has 2 aromatic carbocycles. The molecule has 0 N–H and O–H groups in total. The molecule has 0 spiro atoms. The molecule has 3 aromatic rings. The van der Waals surface area contributed by atoms with Gasteiger partial charge in [-0.05, 0) is 48.7 Å². The fraction of sp³-hybridized carbons (Fsp3) is 0.261. The first-order valence-electron chi connectivity index (χ1n) is 9.89. The van der Waals surface area contributed by atoms with Crippen molar-refractivity contribution in [1.29, 1.82) is 0 Å². The van der Waals surface area contributed by atoms with Crippen LogP contribution in [0.15, 0.2) is 65.1 Å². The van der Waals surface area contributed by atoms with E-state index in [1.807, 2.05) is 29.2 Å².